The molecule has 1 amide bonds. The number of carbonyl (C=O) groups is 2. The van der Waals surface area contributed by atoms with Crippen molar-refractivity contribution in [1.82, 2.24) is 10.1 Å². The minimum atomic E-state index is -0.834. The van der Waals surface area contributed by atoms with Gasteiger partial charge in [-0.2, -0.15) is 0 Å². The summed E-state index contributed by atoms with van der Waals surface area (Å²) < 4.78 is 5.50. The third-order valence-corrected chi connectivity index (χ3v) is 5.39. The van der Waals surface area contributed by atoms with E-state index in [2.05, 4.69) is 5.16 Å². The maximum atomic E-state index is 11.6. The zero-order valence-corrected chi connectivity index (χ0v) is 14.4. The number of amides is 1. The van der Waals surface area contributed by atoms with E-state index in [1.807, 2.05) is 30.3 Å². The summed E-state index contributed by atoms with van der Waals surface area (Å²) in [6, 6.07) is 9.79. The maximum Gasteiger partial charge on any atom is 0.407 e. The maximum absolute atomic E-state index is 11.6. The molecule has 1 N–H and O–H groups in total. The van der Waals surface area contributed by atoms with Crippen molar-refractivity contribution in [2.75, 3.05) is 13.1 Å². The van der Waals surface area contributed by atoms with Crippen LogP contribution >= 0.6 is 0 Å². The second kappa shape index (κ2) is 6.78. The Labute approximate surface area is 150 Å². The van der Waals surface area contributed by atoms with Crippen molar-refractivity contribution >= 4 is 34.1 Å². The molecule has 2 heterocycles. The Morgan fingerprint density at radius 2 is 2.04 bits per heavy atom. The lowest BCUT2D eigenvalue weighted by atomic mass is 9.91. The first-order chi connectivity index (χ1) is 12.7. The van der Waals surface area contributed by atoms with Gasteiger partial charge in [0.1, 0.15) is 0 Å². The van der Waals surface area contributed by atoms with Gasteiger partial charge in [-0.3, -0.25) is 4.79 Å². The van der Waals surface area contributed by atoms with Crippen molar-refractivity contribution in [1.29, 1.82) is 0 Å². The molecule has 0 unspecified atom stereocenters. The van der Waals surface area contributed by atoms with Crippen LogP contribution in [0.5, 0.6) is 0 Å². The van der Waals surface area contributed by atoms with E-state index < -0.39 is 6.09 Å². The van der Waals surface area contributed by atoms with Crippen LogP contribution < -0.4 is 0 Å². The predicted molar refractivity (Wildman–Crippen MR) is 97.5 cm³/mol. The Balaban J connectivity index is 1.55. The van der Waals surface area contributed by atoms with E-state index in [1.54, 1.807) is 0 Å². The van der Waals surface area contributed by atoms with Gasteiger partial charge < -0.3 is 14.5 Å². The van der Waals surface area contributed by atoms with Gasteiger partial charge in [0.05, 0.1) is 11.3 Å². The summed E-state index contributed by atoms with van der Waals surface area (Å²) in [5.74, 6) is 0.489. The first kappa shape index (κ1) is 16.6. The first-order valence-corrected chi connectivity index (χ1v) is 8.90. The number of aldehydes is 1. The number of hydrogen-bond acceptors (Lipinski definition) is 4. The van der Waals surface area contributed by atoms with Crippen molar-refractivity contribution in [3.05, 3.63) is 41.6 Å². The molecule has 3 aromatic rings. The number of aromatic nitrogens is 1. The lowest BCUT2D eigenvalue weighted by Crippen LogP contribution is -2.37. The number of carbonyl (C=O) groups excluding carboxylic acids is 1. The average Bonchev–Trinajstić information content (AvgIpc) is 3.07. The summed E-state index contributed by atoms with van der Waals surface area (Å²) in [6.07, 6.45) is 3.47. The number of benzene rings is 2. The number of aryl methyl sites for hydroxylation is 1. The summed E-state index contributed by atoms with van der Waals surface area (Å²) in [4.78, 5) is 24.1. The van der Waals surface area contributed by atoms with Crippen LogP contribution in [0.15, 0.2) is 34.9 Å². The van der Waals surface area contributed by atoms with Crippen LogP contribution in [-0.4, -0.2) is 40.6 Å². The van der Waals surface area contributed by atoms with Gasteiger partial charge >= 0.3 is 6.09 Å². The van der Waals surface area contributed by atoms with Gasteiger partial charge in [-0.1, -0.05) is 29.4 Å². The van der Waals surface area contributed by atoms with Crippen molar-refractivity contribution < 1.29 is 19.2 Å². The number of piperidine rings is 1. The lowest BCUT2D eigenvalue weighted by Gasteiger charge is -2.29. The molecule has 1 aromatic heterocycles. The molecular formula is C20H20N2O4. The molecule has 26 heavy (non-hydrogen) atoms. The van der Waals surface area contributed by atoms with E-state index in [0.29, 0.717) is 30.2 Å². The molecule has 1 saturated heterocycles. The lowest BCUT2D eigenvalue weighted by molar-refractivity contribution is 0.112. The largest absolute Gasteiger partial charge is 0.465 e. The van der Waals surface area contributed by atoms with Crippen LogP contribution in [0.1, 0.15) is 35.3 Å². The van der Waals surface area contributed by atoms with Gasteiger partial charge in [-0.05, 0) is 48.4 Å². The minimum absolute atomic E-state index is 0.489. The van der Waals surface area contributed by atoms with E-state index in [-0.39, 0.29) is 0 Å². The zero-order chi connectivity index (χ0) is 18.1. The van der Waals surface area contributed by atoms with Gasteiger partial charge in [0.15, 0.2) is 11.9 Å². The minimum Gasteiger partial charge on any atom is -0.465 e. The normalized spacial score (nSPS) is 15.6. The van der Waals surface area contributed by atoms with Crippen LogP contribution in [0.3, 0.4) is 0 Å². The molecular weight excluding hydrogens is 332 g/mol. The first-order valence-electron chi connectivity index (χ1n) is 8.90. The summed E-state index contributed by atoms with van der Waals surface area (Å²) in [7, 11) is 0. The molecule has 2 aromatic carbocycles. The molecule has 0 atom stereocenters. The highest BCUT2D eigenvalue weighted by Gasteiger charge is 2.23. The number of nitrogens with zero attached hydrogens (tertiary/aromatic N) is 2. The van der Waals surface area contributed by atoms with Crippen LogP contribution in [0.2, 0.25) is 0 Å². The quantitative estimate of drug-likeness (QED) is 0.714. The number of carboxylic acid groups (broad SMARTS) is 1. The van der Waals surface area contributed by atoms with Crippen molar-refractivity contribution in [3.8, 4) is 0 Å². The number of hydrogen-bond donors (Lipinski definition) is 1. The fourth-order valence-corrected chi connectivity index (χ4v) is 3.87. The fraction of sp³-hybridized carbons (Fsp3) is 0.350. The Hall–Kier alpha value is -2.89. The number of fused-ring (bicyclic) bond motifs is 2. The second-order valence-corrected chi connectivity index (χ2v) is 6.89. The van der Waals surface area contributed by atoms with E-state index in [0.717, 1.165) is 53.8 Å². The second-order valence-electron chi connectivity index (χ2n) is 6.89. The SMILES string of the molecule is O=Cc1c2ccccc2cc2c(CCC3CCN(C(=O)O)CC3)noc12. The topological polar surface area (TPSA) is 83.6 Å². The molecule has 1 aliphatic rings. The van der Waals surface area contributed by atoms with E-state index in [1.165, 1.54) is 4.90 Å². The van der Waals surface area contributed by atoms with Gasteiger partial charge in [0.25, 0.3) is 0 Å². The van der Waals surface area contributed by atoms with Gasteiger partial charge in [0, 0.05) is 18.5 Å². The van der Waals surface area contributed by atoms with Crippen molar-refractivity contribution in [3.63, 3.8) is 0 Å². The Bertz CT molecular complexity index is 971. The monoisotopic (exact) mass is 352 g/mol. The predicted octanol–water partition coefficient (Wildman–Crippen LogP) is 4.12. The third kappa shape index (κ3) is 2.92. The van der Waals surface area contributed by atoms with Gasteiger partial charge in [-0.15, -0.1) is 0 Å². The molecule has 0 saturated carbocycles. The summed E-state index contributed by atoms with van der Waals surface area (Å²) in [6.45, 7) is 1.19. The Morgan fingerprint density at radius 1 is 1.27 bits per heavy atom. The summed E-state index contributed by atoms with van der Waals surface area (Å²) in [5.41, 5.74) is 1.97. The highest BCUT2D eigenvalue weighted by molar-refractivity contribution is 6.10. The molecule has 1 aliphatic heterocycles. The molecule has 1 fully saturated rings. The summed E-state index contributed by atoms with van der Waals surface area (Å²) >= 11 is 0. The van der Waals surface area contributed by atoms with E-state index in [9.17, 15) is 9.59 Å². The molecule has 4 rings (SSSR count). The standard InChI is InChI=1S/C20H20N2O4/c23-12-17-15-4-2-1-3-14(15)11-16-18(21-26-19(16)17)6-5-13-7-9-22(10-8-13)20(24)25/h1-4,11-13H,5-10H2,(H,24,25). The molecule has 134 valence electrons. The van der Waals surface area contributed by atoms with Crippen molar-refractivity contribution in [2.24, 2.45) is 5.92 Å². The van der Waals surface area contributed by atoms with Crippen LogP contribution in [0.25, 0.3) is 21.7 Å². The van der Waals surface area contributed by atoms with Crippen LogP contribution in [-0.2, 0) is 6.42 Å². The highest BCUT2D eigenvalue weighted by atomic mass is 16.5. The number of rotatable bonds is 4. The van der Waals surface area contributed by atoms with Gasteiger partial charge in [0.2, 0.25) is 0 Å². The highest BCUT2D eigenvalue weighted by Crippen LogP contribution is 2.31. The Morgan fingerprint density at radius 3 is 2.77 bits per heavy atom. The zero-order valence-electron chi connectivity index (χ0n) is 14.4. The van der Waals surface area contributed by atoms with Crippen LogP contribution in [0.4, 0.5) is 4.79 Å². The molecule has 0 radical (unpaired) electrons. The molecule has 0 aliphatic carbocycles. The molecule has 6 nitrogen and oxygen atoms in total. The van der Waals surface area contributed by atoms with E-state index in [4.69, 9.17) is 9.63 Å². The fourth-order valence-electron chi connectivity index (χ4n) is 3.87. The third-order valence-electron chi connectivity index (χ3n) is 5.39. The molecule has 6 heteroatoms. The number of likely N-dealkylation sites (tertiary alicyclic amines) is 1. The average molecular weight is 352 g/mol. The Kier molecular flexibility index (Phi) is 4.32. The smallest absolute Gasteiger partial charge is 0.407 e. The summed E-state index contributed by atoms with van der Waals surface area (Å²) in [5, 5.41) is 16.0. The van der Waals surface area contributed by atoms with Crippen molar-refractivity contribution in [2.45, 2.75) is 25.7 Å². The molecule has 0 bridgehead atoms. The van der Waals surface area contributed by atoms with E-state index >= 15 is 0 Å². The molecule has 0 spiro atoms. The van der Waals surface area contributed by atoms with Crippen LogP contribution in [0, 0.1) is 5.92 Å². The van der Waals surface area contributed by atoms with Gasteiger partial charge in [-0.25, -0.2) is 4.79 Å².